The first-order chi connectivity index (χ1) is 7.93. The molecule has 2 heterocycles. The van der Waals surface area contributed by atoms with E-state index in [0.29, 0.717) is 0 Å². The summed E-state index contributed by atoms with van der Waals surface area (Å²) in [6, 6.07) is 10.3. The molecule has 0 unspecified atom stereocenters. The van der Waals surface area contributed by atoms with Crippen LogP contribution in [-0.4, -0.2) is 15.0 Å². The number of pyridine rings is 1. The quantitative estimate of drug-likeness (QED) is 0.704. The Morgan fingerprint density at radius 3 is 2.88 bits per heavy atom. The molecular formula is C13H11N3. The highest BCUT2D eigenvalue weighted by molar-refractivity contribution is 5.84. The maximum absolute atomic E-state index is 4.43. The van der Waals surface area contributed by atoms with Gasteiger partial charge in [0.25, 0.3) is 0 Å². The summed E-state index contributed by atoms with van der Waals surface area (Å²) in [4.78, 5) is 11.6. The number of imidazole rings is 1. The van der Waals surface area contributed by atoms with Crippen LogP contribution in [0.1, 0.15) is 11.4 Å². The normalized spacial score (nSPS) is 10.8. The van der Waals surface area contributed by atoms with E-state index in [1.54, 1.807) is 6.33 Å². The molecule has 2 aromatic heterocycles. The molecule has 3 nitrogen and oxygen atoms in total. The molecule has 0 radical (unpaired) electrons. The highest BCUT2D eigenvalue weighted by atomic mass is 14.9. The van der Waals surface area contributed by atoms with Gasteiger partial charge in [0, 0.05) is 24.2 Å². The van der Waals surface area contributed by atoms with Gasteiger partial charge in [0.2, 0.25) is 0 Å². The minimum absolute atomic E-state index is 0.769. The molecule has 0 bridgehead atoms. The average Bonchev–Trinajstić information content (AvgIpc) is 2.82. The minimum atomic E-state index is 0.769. The maximum Gasteiger partial charge on any atom is 0.0923 e. The van der Waals surface area contributed by atoms with Crippen molar-refractivity contribution in [3.05, 3.63) is 60.4 Å². The number of benzene rings is 1. The van der Waals surface area contributed by atoms with Gasteiger partial charge in [-0.15, -0.1) is 0 Å². The Bertz CT molecular complexity index is 594. The zero-order chi connectivity index (χ0) is 10.8. The predicted molar refractivity (Wildman–Crippen MR) is 63.1 cm³/mol. The molecule has 16 heavy (non-hydrogen) atoms. The van der Waals surface area contributed by atoms with Crippen LogP contribution < -0.4 is 0 Å². The Morgan fingerprint density at radius 1 is 1.06 bits per heavy atom. The SMILES string of the molecule is c1ccc2c(Cc3c[nH]cn3)nccc2c1. The summed E-state index contributed by atoms with van der Waals surface area (Å²) in [5.41, 5.74) is 2.09. The summed E-state index contributed by atoms with van der Waals surface area (Å²) in [5.74, 6) is 0. The van der Waals surface area contributed by atoms with Gasteiger partial charge < -0.3 is 4.98 Å². The monoisotopic (exact) mass is 209 g/mol. The van der Waals surface area contributed by atoms with Crippen molar-refractivity contribution >= 4 is 10.8 Å². The van der Waals surface area contributed by atoms with E-state index in [4.69, 9.17) is 0 Å². The lowest BCUT2D eigenvalue weighted by molar-refractivity contribution is 1.05. The van der Waals surface area contributed by atoms with Crippen molar-refractivity contribution in [2.75, 3.05) is 0 Å². The Kier molecular flexibility index (Phi) is 2.14. The maximum atomic E-state index is 4.43. The first-order valence-electron chi connectivity index (χ1n) is 5.24. The highest BCUT2D eigenvalue weighted by Gasteiger charge is 2.03. The number of nitrogens with zero attached hydrogens (tertiary/aromatic N) is 2. The number of hydrogen-bond acceptors (Lipinski definition) is 2. The molecule has 0 aliphatic rings. The van der Waals surface area contributed by atoms with Crippen LogP contribution in [0.5, 0.6) is 0 Å². The van der Waals surface area contributed by atoms with E-state index in [0.717, 1.165) is 17.8 Å². The number of fused-ring (bicyclic) bond motifs is 1. The molecule has 0 fully saturated rings. The molecule has 1 N–H and O–H groups in total. The van der Waals surface area contributed by atoms with Crippen LogP contribution in [0.15, 0.2) is 49.1 Å². The number of rotatable bonds is 2. The molecule has 78 valence electrons. The number of nitrogens with one attached hydrogen (secondary N) is 1. The summed E-state index contributed by atoms with van der Waals surface area (Å²) in [5, 5.41) is 2.43. The van der Waals surface area contributed by atoms with Gasteiger partial charge in [-0.25, -0.2) is 4.98 Å². The van der Waals surface area contributed by atoms with Crippen LogP contribution in [0.3, 0.4) is 0 Å². The molecule has 0 spiro atoms. The number of hydrogen-bond donors (Lipinski definition) is 1. The lowest BCUT2D eigenvalue weighted by Crippen LogP contribution is -1.93. The summed E-state index contributed by atoms with van der Waals surface area (Å²) < 4.78 is 0. The first kappa shape index (κ1) is 9.09. The molecule has 3 rings (SSSR count). The van der Waals surface area contributed by atoms with Gasteiger partial charge in [0.15, 0.2) is 0 Å². The van der Waals surface area contributed by atoms with E-state index in [1.165, 1.54) is 10.8 Å². The van der Waals surface area contributed by atoms with Gasteiger partial charge in [-0.3, -0.25) is 4.98 Å². The number of H-pyrrole nitrogens is 1. The topological polar surface area (TPSA) is 41.6 Å². The number of aromatic nitrogens is 3. The minimum Gasteiger partial charge on any atom is -0.351 e. The molecular weight excluding hydrogens is 198 g/mol. The van der Waals surface area contributed by atoms with Crippen molar-refractivity contribution in [1.29, 1.82) is 0 Å². The Balaban J connectivity index is 2.10. The van der Waals surface area contributed by atoms with Gasteiger partial charge in [-0.1, -0.05) is 24.3 Å². The van der Waals surface area contributed by atoms with Crippen LogP contribution >= 0.6 is 0 Å². The fourth-order valence-corrected chi connectivity index (χ4v) is 1.88. The second-order valence-corrected chi connectivity index (χ2v) is 3.72. The Morgan fingerprint density at radius 2 is 2.00 bits per heavy atom. The Labute approximate surface area is 93.2 Å². The second kappa shape index (κ2) is 3.77. The van der Waals surface area contributed by atoms with Crippen LogP contribution in [0.2, 0.25) is 0 Å². The fraction of sp³-hybridized carbons (Fsp3) is 0.0769. The summed E-state index contributed by atoms with van der Waals surface area (Å²) >= 11 is 0. The lowest BCUT2D eigenvalue weighted by atomic mass is 10.1. The molecule has 0 amide bonds. The summed E-state index contributed by atoms with van der Waals surface area (Å²) in [6.07, 6.45) is 6.22. The van der Waals surface area contributed by atoms with Gasteiger partial charge in [-0.05, 0) is 11.5 Å². The van der Waals surface area contributed by atoms with Gasteiger partial charge in [0.05, 0.1) is 17.7 Å². The van der Waals surface area contributed by atoms with Crippen molar-refractivity contribution < 1.29 is 0 Å². The molecule has 3 aromatic rings. The van der Waals surface area contributed by atoms with Crippen molar-refractivity contribution in [3.63, 3.8) is 0 Å². The van der Waals surface area contributed by atoms with Gasteiger partial charge >= 0.3 is 0 Å². The zero-order valence-corrected chi connectivity index (χ0v) is 8.72. The van der Waals surface area contributed by atoms with Crippen LogP contribution in [0, 0.1) is 0 Å². The van der Waals surface area contributed by atoms with Gasteiger partial charge in [-0.2, -0.15) is 0 Å². The smallest absolute Gasteiger partial charge is 0.0923 e. The van der Waals surface area contributed by atoms with Crippen molar-refractivity contribution in [2.24, 2.45) is 0 Å². The average molecular weight is 209 g/mol. The molecule has 1 aromatic carbocycles. The van der Waals surface area contributed by atoms with E-state index >= 15 is 0 Å². The molecule has 0 atom stereocenters. The molecule has 0 aliphatic carbocycles. The number of aromatic amines is 1. The molecule has 0 aliphatic heterocycles. The predicted octanol–water partition coefficient (Wildman–Crippen LogP) is 2.55. The standard InChI is InChI=1S/C13H11N3/c1-2-4-12-10(3-1)5-6-15-13(12)7-11-8-14-9-16-11/h1-6,8-9H,7H2,(H,14,16). The first-order valence-corrected chi connectivity index (χ1v) is 5.24. The molecule has 0 saturated carbocycles. The largest absolute Gasteiger partial charge is 0.351 e. The Hall–Kier alpha value is -2.16. The molecule has 0 saturated heterocycles. The summed E-state index contributed by atoms with van der Waals surface area (Å²) in [6.45, 7) is 0. The van der Waals surface area contributed by atoms with Crippen molar-refractivity contribution in [2.45, 2.75) is 6.42 Å². The van der Waals surface area contributed by atoms with Crippen LogP contribution in [0.4, 0.5) is 0 Å². The van der Waals surface area contributed by atoms with Crippen LogP contribution in [-0.2, 0) is 6.42 Å². The van der Waals surface area contributed by atoms with E-state index in [2.05, 4.69) is 27.1 Å². The lowest BCUT2D eigenvalue weighted by Gasteiger charge is -2.03. The zero-order valence-electron chi connectivity index (χ0n) is 8.72. The van der Waals surface area contributed by atoms with Gasteiger partial charge in [0.1, 0.15) is 0 Å². The van der Waals surface area contributed by atoms with E-state index in [-0.39, 0.29) is 0 Å². The second-order valence-electron chi connectivity index (χ2n) is 3.72. The third kappa shape index (κ3) is 1.56. The van der Waals surface area contributed by atoms with E-state index in [9.17, 15) is 0 Å². The van der Waals surface area contributed by atoms with Crippen LogP contribution in [0.25, 0.3) is 10.8 Å². The third-order valence-electron chi connectivity index (χ3n) is 2.66. The highest BCUT2D eigenvalue weighted by Crippen LogP contribution is 2.18. The van der Waals surface area contributed by atoms with Crippen molar-refractivity contribution in [3.8, 4) is 0 Å². The van der Waals surface area contributed by atoms with E-state index < -0.39 is 0 Å². The third-order valence-corrected chi connectivity index (χ3v) is 2.66. The summed E-state index contributed by atoms with van der Waals surface area (Å²) in [7, 11) is 0. The van der Waals surface area contributed by atoms with E-state index in [1.807, 2.05) is 30.6 Å². The fourth-order valence-electron chi connectivity index (χ4n) is 1.88. The van der Waals surface area contributed by atoms with Crippen molar-refractivity contribution in [1.82, 2.24) is 15.0 Å². The molecule has 3 heteroatoms.